The summed E-state index contributed by atoms with van der Waals surface area (Å²) in [5.74, 6) is -1.08. The van der Waals surface area contributed by atoms with Gasteiger partial charge >= 0.3 is 18.0 Å². The first kappa shape index (κ1) is 32.6. The van der Waals surface area contributed by atoms with Gasteiger partial charge < -0.3 is 51.5 Å². The second-order valence-electron chi connectivity index (χ2n) is 10.3. The van der Waals surface area contributed by atoms with Crippen LogP contribution in [0.25, 0.3) is 22.3 Å². The van der Waals surface area contributed by atoms with E-state index in [4.69, 9.17) is 41.3 Å². The quantitative estimate of drug-likeness (QED) is 0.100. The molecule has 2 aliphatic heterocycles. The molecule has 20 nitrogen and oxygen atoms in total. The van der Waals surface area contributed by atoms with Crippen LogP contribution in [-0.4, -0.2) is 110 Å². The number of nitrogens with two attached hydrogens (primary N) is 3. The van der Waals surface area contributed by atoms with Crippen LogP contribution in [0.5, 0.6) is 0 Å². The number of esters is 2. The monoisotopic (exact) mass is 649 g/mol. The Bertz CT molecular complexity index is 1750. The Morgan fingerprint density at radius 2 is 1.39 bits per heavy atom. The van der Waals surface area contributed by atoms with Gasteiger partial charge in [0.25, 0.3) is 0 Å². The van der Waals surface area contributed by atoms with Gasteiger partial charge in [-0.2, -0.15) is 24.3 Å². The average Bonchev–Trinajstić information content (AvgIpc) is 3.74. The third-order valence-electron chi connectivity index (χ3n) is 7.24. The SMILES string of the molecule is CC[C@H]1O[C@@H](n2cnc3c(N)nc(N)nc32)[C@@H](OC(C)=O)C1OC(C)=O.Nc1nc(F)nc2c1ncn2[C@@H]1O[C@H](CO)C(O)[C@@H]1O. The fourth-order valence-electron chi connectivity index (χ4n) is 5.26. The van der Waals surface area contributed by atoms with Crippen molar-refractivity contribution in [2.24, 2.45) is 0 Å². The van der Waals surface area contributed by atoms with Crippen molar-refractivity contribution in [1.29, 1.82) is 0 Å². The first-order chi connectivity index (χ1) is 21.8. The lowest BCUT2D eigenvalue weighted by molar-refractivity contribution is -0.165. The first-order valence-electron chi connectivity index (χ1n) is 13.9. The normalized spacial score (nSPS) is 27.5. The van der Waals surface area contributed by atoms with Crippen molar-refractivity contribution in [3.05, 3.63) is 18.7 Å². The molecule has 6 heterocycles. The second kappa shape index (κ2) is 12.9. The van der Waals surface area contributed by atoms with E-state index in [-0.39, 0.29) is 28.7 Å². The number of imidazole rings is 2. The number of hydrogen-bond acceptors (Lipinski definition) is 18. The van der Waals surface area contributed by atoms with Crippen molar-refractivity contribution in [1.82, 2.24) is 39.0 Å². The molecule has 21 heteroatoms. The summed E-state index contributed by atoms with van der Waals surface area (Å²) in [7, 11) is 0. The van der Waals surface area contributed by atoms with Gasteiger partial charge in [-0.15, -0.1) is 0 Å². The van der Waals surface area contributed by atoms with Crippen LogP contribution in [0.2, 0.25) is 0 Å². The highest BCUT2D eigenvalue weighted by molar-refractivity contribution is 5.83. The molecule has 46 heavy (non-hydrogen) atoms. The van der Waals surface area contributed by atoms with Gasteiger partial charge in [-0.05, 0) is 6.42 Å². The molecule has 2 saturated heterocycles. The predicted octanol–water partition coefficient (Wildman–Crippen LogP) is -1.68. The van der Waals surface area contributed by atoms with Crippen LogP contribution in [0.3, 0.4) is 0 Å². The van der Waals surface area contributed by atoms with E-state index in [0.717, 1.165) is 0 Å². The van der Waals surface area contributed by atoms with E-state index in [1.165, 1.54) is 31.1 Å². The summed E-state index contributed by atoms with van der Waals surface area (Å²) < 4.78 is 38.1. The summed E-state index contributed by atoms with van der Waals surface area (Å²) in [6.07, 6.45) is -5.32. The number of fused-ring (bicyclic) bond motifs is 2. The highest BCUT2D eigenvalue weighted by Gasteiger charge is 2.50. The fourth-order valence-corrected chi connectivity index (χ4v) is 5.26. The summed E-state index contributed by atoms with van der Waals surface area (Å²) in [4.78, 5) is 46.1. The number of hydrogen-bond donors (Lipinski definition) is 6. The lowest BCUT2D eigenvalue weighted by atomic mass is 10.1. The number of carbonyl (C=O) groups excluding carboxylic acids is 2. The molecule has 2 aliphatic rings. The standard InChI is InChI=1S/C15H20N6O5.C10H12FN5O4/c1-4-8-10(24-6(2)22)11(25-7(3)23)14(26-8)21-5-18-9-12(16)19-15(17)20-13(9)21;11-10-14-7(12)4-8(15-10)16(2-13-4)9-6(19)5(18)3(1-17)20-9/h5,8,10-11,14H,4H2,1-3H3,(H4,16,17,19,20);2-3,5-6,9,17-19H,1H2,(H2,12,14,15)/t8-,10?,11+,14-;3-,5?,6+,9-/m11/s1. The van der Waals surface area contributed by atoms with Crippen molar-refractivity contribution >= 4 is 51.9 Å². The number of rotatable bonds is 6. The molecule has 2 unspecified atom stereocenters. The molecule has 248 valence electrons. The van der Waals surface area contributed by atoms with Crippen LogP contribution >= 0.6 is 0 Å². The summed E-state index contributed by atoms with van der Waals surface area (Å²) in [6, 6.07) is 0. The molecule has 4 aromatic rings. The molecule has 0 saturated carbocycles. The number of nitrogens with zero attached hydrogens (tertiary/aromatic N) is 8. The number of aliphatic hydroxyl groups is 3. The molecular weight excluding hydrogens is 617 g/mol. The Hall–Kier alpha value is -4.83. The number of carbonyl (C=O) groups is 2. The van der Waals surface area contributed by atoms with E-state index in [1.54, 1.807) is 4.57 Å². The molecule has 0 aliphatic carbocycles. The minimum absolute atomic E-state index is 0.0256. The number of anilines is 3. The fraction of sp³-hybridized carbons (Fsp3) is 0.520. The number of nitrogen functional groups attached to an aromatic ring is 3. The molecule has 0 amide bonds. The van der Waals surface area contributed by atoms with Crippen LogP contribution in [-0.2, 0) is 28.5 Å². The van der Waals surface area contributed by atoms with E-state index in [0.29, 0.717) is 17.6 Å². The number of halogens is 1. The summed E-state index contributed by atoms with van der Waals surface area (Å²) in [6.45, 7) is 3.96. The average molecular weight is 650 g/mol. The van der Waals surface area contributed by atoms with E-state index in [1.807, 2.05) is 6.92 Å². The van der Waals surface area contributed by atoms with Gasteiger partial charge in [0.1, 0.15) is 29.9 Å². The Morgan fingerprint density at radius 3 is 1.96 bits per heavy atom. The zero-order valence-corrected chi connectivity index (χ0v) is 24.7. The Morgan fingerprint density at radius 1 is 0.848 bits per heavy atom. The maximum absolute atomic E-state index is 13.2. The molecule has 9 N–H and O–H groups in total. The molecule has 8 atom stereocenters. The highest BCUT2D eigenvalue weighted by atomic mass is 19.1. The number of aromatic nitrogens is 8. The molecule has 6 rings (SSSR count). The van der Waals surface area contributed by atoms with Crippen molar-refractivity contribution in [2.45, 2.75) is 76.3 Å². The van der Waals surface area contributed by atoms with Crippen molar-refractivity contribution in [3.8, 4) is 0 Å². The zero-order chi connectivity index (χ0) is 33.4. The topological polar surface area (TPSA) is 297 Å². The van der Waals surface area contributed by atoms with Crippen LogP contribution in [0.1, 0.15) is 39.6 Å². The lowest BCUT2D eigenvalue weighted by Gasteiger charge is -2.23. The molecule has 0 bridgehead atoms. The van der Waals surface area contributed by atoms with Gasteiger partial charge in [0.05, 0.1) is 19.3 Å². The van der Waals surface area contributed by atoms with Crippen LogP contribution in [0.4, 0.5) is 22.0 Å². The van der Waals surface area contributed by atoms with Crippen LogP contribution < -0.4 is 17.2 Å². The van der Waals surface area contributed by atoms with Crippen LogP contribution in [0.15, 0.2) is 12.7 Å². The Balaban J connectivity index is 0.000000187. The maximum Gasteiger partial charge on any atom is 0.312 e. The zero-order valence-electron chi connectivity index (χ0n) is 24.7. The predicted molar refractivity (Wildman–Crippen MR) is 152 cm³/mol. The number of ether oxygens (including phenoxy) is 4. The van der Waals surface area contributed by atoms with Crippen molar-refractivity contribution in [2.75, 3.05) is 23.8 Å². The molecular formula is C25H32FN11O9. The third kappa shape index (κ3) is 6.04. The van der Waals surface area contributed by atoms with Crippen LogP contribution in [0, 0.1) is 6.08 Å². The van der Waals surface area contributed by atoms with E-state index < -0.39 is 73.7 Å². The van der Waals surface area contributed by atoms with Gasteiger partial charge in [-0.25, -0.2) is 9.97 Å². The Labute approximate surface area is 258 Å². The Kier molecular flexibility index (Phi) is 9.12. The van der Waals surface area contributed by atoms with E-state index >= 15 is 0 Å². The maximum atomic E-state index is 13.2. The van der Waals surface area contributed by atoms with Gasteiger partial charge in [0.2, 0.25) is 5.95 Å². The van der Waals surface area contributed by atoms with Gasteiger partial charge in [-0.1, -0.05) is 6.92 Å². The molecule has 2 fully saturated rings. The van der Waals surface area contributed by atoms with Gasteiger partial charge in [-0.3, -0.25) is 18.7 Å². The first-order valence-corrected chi connectivity index (χ1v) is 13.9. The summed E-state index contributed by atoms with van der Waals surface area (Å²) in [5, 5.41) is 28.7. The highest BCUT2D eigenvalue weighted by Crippen LogP contribution is 2.37. The molecule has 0 radical (unpaired) electrons. The van der Waals surface area contributed by atoms with Gasteiger partial charge in [0, 0.05) is 13.8 Å². The second-order valence-corrected chi connectivity index (χ2v) is 10.3. The van der Waals surface area contributed by atoms with E-state index in [9.17, 15) is 24.2 Å². The van der Waals surface area contributed by atoms with Gasteiger partial charge in [0.15, 0.2) is 53.1 Å². The minimum atomic E-state index is -1.32. The van der Waals surface area contributed by atoms with E-state index in [2.05, 4.69) is 29.9 Å². The molecule has 4 aromatic heterocycles. The van der Waals surface area contributed by atoms with Crippen molar-refractivity contribution < 1.29 is 48.2 Å². The molecule has 0 spiro atoms. The summed E-state index contributed by atoms with van der Waals surface area (Å²) >= 11 is 0. The lowest BCUT2D eigenvalue weighted by Crippen LogP contribution is -2.38. The molecule has 0 aromatic carbocycles. The largest absolute Gasteiger partial charge is 0.456 e. The summed E-state index contributed by atoms with van der Waals surface area (Å²) in [5.41, 5.74) is 17.9. The third-order valence-corrected chi connectivity index (χ3v) is 7.24. The van der Waals surface area contributed by atoms with Crippen molar-refractivity contribution in [3.63, 3.8) is 0 Å². The smallest absolute Gasteiger partial charge is 0.312 e. The number of aliphatic hydroxyl groups excluding tert-OH is 3. The minimum Gasteiger partial charge on any atom is -0.456 e.